The number of amides is 1. The molecule has 2 rings (SSSR count). The zero-order valence-electron chi connectivity index (χ0n) is 11.5. The van der Waals surface area contributed by atoms with E-state index in [1.54, 1.807) is 16.7 Å². The van der Waals surface area contributed by atoms with Crippen molar-refractivity contribution in [3.8, 4) is 0 Å². The minimum atomic E-state index is -3.22. The number of nitrogens with one attached hydrogen (secondary N) is 1. The lowest BCUT2D eigenvalue weighted by atomic mass is 9.92. The van der Waals surface area contributed by atoms with Gasteiger partial charge in [-0.05, 0) is 25.3 Å². The Morgan fingerprint density at radius 1 is 1.42 bits per heavy atom. The van der Waals surface area contributed by atoms with Gasteiger partial charge in [-0.1, -0.05) is 6.92 Å². The molecule has 0 radical (unpaired) electrons. The molecule has 0 saturated carbocycles. The molecule has 1 amide bonds. The van der Waals surface area contributed by atoms with Crippen LogP contribution in [0.5, 0.6) is 0 Å². The lowest BCUT2D eigenvalue weighted by Gasteiger charge is -2.39. The van der Waals surface area contributed by atoms with E-state index in [-0.39, 0.29) is 17.9 Å². The van der Waals surface area contributed by atoms with E-state index in [0.717, 1.165) is 25.1 Å². The van der Waals surface area contributed by atoms with Crippen LogP contribution in [-0.4, -0.2) is 61.5 Å². The molecule has 0 aromatic carbocycles. The molecule has 0 aliphatic carbocycles. The van der Waals surface area contributed by atoms with Gasteiger partial charge in [-0.2, -0.15) is 11.8 Å². The molecule has 0 bridgehead atoms. The minimum Gasteiger partial charge on any atom is -0.323 e. The molecule has 2 fully saturated rings. The second-order valence-corrected chi connectivity index (χ2v) is 8.80. The van der Waals surface area contributed by atoms with Crippen LogP contribution >= 0.6 is 11.8 Å². The second-order valence-electron chi connectivity index (χ2n) is 5.44. The van der Waals surface area contributed by atoms with Gasteiger partial charge in [0, 0.05) is 24.3 Å². The molecule has 0 aromatic rings. The number of rotatable bonds is 2. The molecule has 1 N–H and O–H groups in total. The summed E-state index contributed by atoms with van der Waals surface area (Å²) in [4.78, 5) is 14.2. The van der Waals surface area contributed by atoms with Crippen molar-refractivity contribution in [1.29, 1.82) is 0 Å². The summed E-state index contributed by atoms with van der Waals surface area (Å²) in [5.74, 6) is 1.55. The van der Waals surface area contributed by atoms with Crippen molar-refractivity contribution in [1.82, 2.24) is 10.2 Å². The topological polar surface area (TPSA) is 66.5 Å². The molecule has 0 spiro atoms. The first kappa shape index (κ1) is 15.1. The molecular formula is C12H22N2O3S2. The van der Waals surface area contributed by atoms with Gasteiger partial charge < -0.3 is 10.2 Å². The van der Waals surface area contributed by atoms with E-state index in [0.29, 0.717) is 12.3 Å². The minimum absolute atomic E-state index is 0.0390. The van der Waals surface area contributed by atoms with Gasteiger partial charge in [0.15, 0.2) is 9.84 Å². The molecule has 2 heterocycles. The number of hydrogen-bond donors (Lipinski definition) is 1. The van der Waals surface area contributed by atoms with Crippen LogP contribution in [0.2, 0.25) is 0 Å². The van der Waals surface area contributed by atoms with Gasteiger partial charge in [-0.3, -0.25) is 4.79 Å². The first-order chi connectivity index (χ1) is 8.91. The zero-order valence-corrected chi connectivity index (χ0v) is 13.1. The predicted octanol–water partition coefficient (Wildman–Crippen LogP) is 0.321. The number of sulfone groups is 1. The Morgan fingerprint density at radius 3 is 2.79 bits per heavy atom. The van der Waals surface area contributed by atoms with E-state index in [2.05, 4.69) is 12.2 Å². The summed E-state index contributed by atoms with van der Waals surface area (Å²) < 4.78 is 23.7. The highest BCUT2D eigenvalue weighted by molar-refractivity contribution is 8.00. The molecule has 0 aromatic heterocycles. The smallest absolute Gasteiger partial charge is 0.241 e. The molecule has 3 unspecified atom stereocenters. The van der Waals surface area contributed by atoms with Gasteiger partial charge in [0.2, 0.25) is 5.91 Å². The predicted molar refractivity (Wildman–Crippen MR) is 77.9 cm³/mol. The highest BCUT2D eigenvalue weighted by atomic mass is 32.2. The van der Waals surface area contributed by atoms with Crippen LogP contribution in [0.3, 0.4) is 0 Å². The van der Waals surface area contributed by atoms with E-state index in [1.165, 1.54) is 6.26 Å². The fourth-order valence-corrected chi connectivity index (χ4v) is 5.57. The average Bonchev–Trinajstić information content (AvgIpc) is 2.37. The number of carbonyl (C=O) groups excluding carboxylic acids is 1. The van der Waals surface area contributed by atoms with E-state index < -0.39 is 15.2 Å². The Labute approximate surface area is 119 Å². The summed E-state index contributed by atoms with van der Waals surface area (Å²) in [6.45, 7) is 3.43. The summed E-state index contributed by atoms with van der Waals surface area (Å²) in [5, 5.41) is 2.59. The first-order valence-electron chi connectivity index (χ1n) is 6.71. The molecule has 3 atom stereocenters. The Kier molecular flexibility index (Phi) is 4.79. The molecule has 2 aliphatic rings. The average molecular weight is 306 g/mol. The highest BCUT2D eigenvalue weighted by Crippen LogP contribution is 2.24. The number of carbonyl (C=O) groups is 1. The summed E-state index contributed by atoms with van der Waals surface area (Å²) in [5.41, 5.74) is 0. The number of thioether (sulfide) groups is 1. The number of nitrogens with zero attached hydrogens (tertiary/aromatic N) is 1. The molecule has 19 heavy (non-hydrogen) atoms. The fourth-order valence-electron chi connectivity index (χ4n) is 2.75. The Bertz CT molecular complexity index is 438. The van der Waals surface area contributed by atoms with Gasteiger partial charge in [0.05, 0.1) is 6.04 Å². The van der Waals surface area contributed by atoms with Crippen molar-refractivity contribution in [2.45, 2.75) is 31.2 Å². The SMILES string of the molecule is CC1CCCNC1C(=O)N1CCSCC1S(C)(=O)=O. The molecule has 2 aliphatic heterocycles. The maximum Gasteiger partial charge on any atom is 0.241 e. The molecular weight excluding hydrogens is 284 g/mol. The quantitative estimate of drug-likeness (QED) is 0.796. The van der Waals surface area contributed by atoms with E-state index >= 15 is 0 Å². The lowest BCUT2D eigenvalue weighted by Crippen LogP contribution is -2.58. The van der Waals surface area contributed by atoms with E-state index in [1.807, 2.05) is 0 Å². The Morgan fingerprint density at radius 2 is 2.16 bits per heavy atom. The van der Waals surface area contributed by atoms with Crippen LogP contribution in [0.25, 0.3) is 0 Å². The van der Waals surface area contributed by atoms with Crippen molar-refractivity contribution in [3.05, 3.63) is 0 Å². The largest absolute Gasteiger partial charge is 0.323 e. The monoisotopic (exact) mass is 306 g/mol. The number of hydrogen-bond acceptors (Lipinski definition) is 5. The van der Waals surface area contributed by atoms with Gasteiger partial charge in [-0.25, -0.2) is 8.42 Å². The number of piperidine rings is 1. The lowest BCUT2D eigenvalue weighted by molar-refractivity contribution is -0.135. The summed E-state index contributed by atoms with van der Waals surface area (Å²) in [7, 11) is -3.22. The molecule has 110 valence electrons. The van der Waals surface area contributed by atoms with Crippen LogP contribution < -0.4 is 5.32 Å². The standard InChI is InChI=1S/C12H22N2O3S2/c1-9-4-3-5-13-11(9)12(15)14-6-7-18-8-10(14)19(2,16)17/h9-11,13H,3-8H2,1-2H3. The van der Waals surface area contributed by atoms with Crippen LogP contribution in [0.15, 0.2) is 0 Å². The third-order valence-corrected chi connectivity index (χ3v) is 6.54. The van der Waals surface area contributed by atoms with Crippen LogP contribution in [0.1, 0.15) is 19.8 Å². The van der Waals surface area contributed by atoms with E-state index in [9.17, 15) is 13.2 Å². The zero-order chi connectivity index (χ0) is 14.0. The molecule has 5 nitrogen and oxygen atoms in total. The van der Waals surface area contributed by atoms with Crippen molar-refractivity contribution >= 4 is 27.5 Å². The fraction of sp³-hybridized carbons (Fsp3) is 0.917. The van der Waals surface area contributed by atoms with Crippen LogP contribution in [0.4, 0.5) is 0 Å². The summed E-state index contributed by atoms with van der Waals surface area (Å²) in [6, 6.07) is -0.221. The first-order valence-corrected chi connectivity index (χ1v) is 9.82. The van der Waals surface area contributed by atoms with Gasteiger partial charge in [0.1, 0.15) is 5.37 Å². The van der Waals surface area contributed by atoms with Crippen LogP contribution in [-0.2, 0) is 14.6 Å². The van der Waals surface area contributed by atoms with Crippen molar-refractivity contribution in [2.24, 2.45) is 5.92 Å². The van der Waals surface area contributed by atoms with Gasteiger partial charge in [0.25, 0.3) is 0 Å². The van der Waals surface area contributed by atoms with Crippen molar-refractivity contribution < 1.29 is 13.2 Å². The van der Waals surface area contributed by atoms with Crippen molar-refractivity contribution in [2.75, 3.05) is 30.9 Å². The second kappa shape index (κ2) is 6.01. The normalized spacial score (nSPS) is 33.2. The van der Waals surface area contributed by atoms with Crippen LogP contribution in [0, 0.1) is 5.92 Å². The maximum absolute atomic E-state index is 12.6. The van der Waals surface area contributed by atoms with Gasteiger partial charge in [-0.15, -0.1) is 0 Å². The molecule has 2 saturated heterocycles. The maximum atomic E-state index is 12.6. The highest BCUT2D eigenvalue weighted by Gasteiger charge is 2.39. The third kappa shape index (κ3) is 3.44. The Hall–Kier alpha value is -0.270. The van der Waals surface area contributed by atoms with E-state index in [4.69, 9.17) is 0 Å². The van der Waals surface area contributed by atoms with Crippen molar-refractivity contribution in [3.63, 3.8) is 0 Å². The van der Waals surface area contributed by atoms with Gasteiger partial charge >= 0.3 is 0 Å². The third-order valence-electron chi connectivity index (χ3n) is 3.90. The Balaban J connectivity index is 2.15. The summed E-state index contributed by atoms with van der Waals surface area (Å²) >= 11 is 1.61. The molecule has 7 heteroatoms. The summed E-state index contributed by atoms with van der Waals surface area (Å²) in [6.07, 6.45) is 3.33.